The van der Waals surface area contributed by atoms with Crippen molar-refractivity contribution in [3.05, 3.63) is 18.3 Å². The number of hydrogen-bond donors (Lipinski definition) is 2. The largest absolute Gasteiger partial charge is 0.368 e. The van der Waals surface area contributed by atoms with Crippen LogP contribution in [0, 0.1) is 17.8 Å². The van der Waals surface area contributed by atoms with E-state index in [-0.39, 0.29) is 18.3 Å². The molecule has 0 aromatic carbocycles. The van der Waals surface area contributed by atoms with E-state index < -0.39 is 0 Å². The van der Waals surface area contributed by atoms with Gasteiger partial charge in [-0.2, -0.15) is 0 Å². The highest BCUT2D eigenvalue weighted by atomic mass is 35.5. The van der Waals surface area contributed by atoms with Crippen molar-refractivity contribution in [2.45, 2.75) is 32.1 Å². The normalized spacial score (nSPS) is 28.5. The fourth-order valence-electron chi connectivity index (χ4n) is 4.63. The Morgan fingerprint density at radius 1 is 1.25 bits per heavy atom. The third kappa shape index (κ3) is 3.83. The van der Waals surface area contributed by atoms with Crippen LogP contribution in [0.25, 0.3) is 0 Å². The lowest BCUT2D eigenvalue weighted by Gasteiger charge is -2.29. The molecule has 2 heterocycles. The number of hydrogen-bond acceptors (Lipinski definition) is 4. The van der Waals surface area contributed by atoms with Crippen molar-refractivity contribution >= 4 is 29.8 Å². The third-order valence-corrected chi connectivity index (χ3v) is 5.83. The fraction of sp³-hybridized carbons (Fsp3) is 0.667. The Morgan fingerprint density at radius 3 is 2.71 bits per heavy atom. The predicted molar refractivity (Wildman–Crippen MR) is 98.8 cm³/mol. The number of fused-ring (bicyclic) bond motifs is 2. The van der Waals surface area contributed by atoms with E-state index >= 15 is 0 Å². The van der Waals surface area contributed by atoms with Crippen molar-refractivity contribution in [2.24, 2.45) is 17.8 Å². The highest BCUT2D eigenvalue weighted by molar-refractivity contribution is 5.90. The number of rotatable bonds is 4. The molecule has 24 heavy (non-hydrogen) atoms. The van der Waals surface area contributed by atoms with Crippen molar-refractivity contribution in [3.63, 3.8) is 0 Å². The lowest BCUT2D eigenvalue weighted by Crippen LogP contribution is -2.43. The van der Waals surface area contributed by atoms with Crippen LogP contribution in [0.5, 0.6) is 0 Å². The smallest absolute Gasteiger partial charge is 0.225 e. The molecular weight excluding hydrogens is 324 g/mol. The van der Waals surface area contributed by atoms with E-state index in [0.29, 0.717) is 18.2 Å². The van der Waals surface area contributed by atoms with Crippen LogP contribution in [0.1, 0.15) is 32.1 Å². The molecule has 1 amide bonds. The maximum absolute atomic E-state index is 12.3. The second-order valence-electron chi connectivity index (χ2n) is 7.33. The van der Waals surface area contributed by atoms with Gasteiger partial charge in [-0.1, -0.05) is 6.42 Å². The van der Waals surface area contributed by atoms with Gasteiger partial charge in [0.1, 0.15) is 5.82 Å². The van der Waals surface area contributed by atoms with Gasteiger partial charge >= 0.3 is 0 Å². The molecule has 0 spiro atoms. The van der Waals surface area contributed by atoms with Crippen molar-refractivity contribution in [2.75, 3.05) is 36.4 Å². The Balaban J connectivity index is 0.00000169. The number of amides is 1. The summed E-state index contributed by atoms with van der Waals surface area (Å²) in [4.78, 5) is 19.0. The summed E-state index contributed by atoms with van der Waals surface area (Å²) in [6.07, 6.45) is 7.88. The van der Waals surface area contributed by atoms with Crippen LogP contribution in [0.2, 0.25) is 0 Å². The summed E-state index contributed by atoms with van der Waals surface area (Å²) in [5.74, 6) is 3.11. The molecule has 1 aromatic heterocycles. The number of nitrogens with zero attached hydrogens (tertiary/aromatic N) is 2. The Hall–Kier alpha value is -1.33. The average molecular weight is 351 g/mol. The molecule has 3 unspecified atom stereocenters. The van der Waals surface area contributed by atoms with Gasteiger partial charge in [-0.3, -0.25) is 4.79 Å². The number of nitrogens with one attached hydrogen (secondary N) is 2. The summed E-state index contributed by atoms with van der Waals surface area (Å²) < 4.78 is 0. The monoisotopic (exact) mass is 350 g/mol. The Bertz CT molecular complexity index is 559. The Labute approximate surface area is 150 Å². The molecule has 2 saturated carbocycles. The highest BCUT2D eigenvalue weighted by Gasteiger charge is 2.40. The van der Waals surface area contributed by atoms with E-state index in [4.69, 9.17) is 0 Å². The van der Waals surface area contributed by atoms with E-state index in [1.807, 2.05) is 12.3 Å². The molecule has 5 nitrogen and oxygen atoms in total. The summed E-state index contributed by atoms with van der Waals surface area (Å²) in [6, 6.07) is 3.99. The Kier molecular flexibility index (Phi) is 5.61. The molecule has 1 saturated heterocycles. The standard InChI is InChI=1S/C18H26N4O.ClH/c23-18(11-15-10-13-1-2-14(15)9-13)21-17-4-3-16(12-20-17)22-7-5-19-6-8-22;/h3-4,12-15,19H,1-2,5-11H2,(H,20,21,23);1H. The summed E-state index contributed by atoms with van der Waals surface area (Å²) in [5.41, 5.74) is 1.14. The van der Waals surface area contributed by atoms with Crippen molar-refractivity contribution in [3.8, 4) is 0 Å². The number of carbonyl (C=O) groups excluding carboxylic acids is 1. The minimum absolute atomic E-state index is 0. The van der Waals surface area contributed by atoms with Crippen LogP contribution in [0.4, 0.5) is 11.5 Å². The number of pyridine rings is 1. The minimum Gasteiger partial charge on any atom is -0.368 e. The summed E-state index contributed by atoms with van der Waals surface area (Å²) in [5, 5.41) is 6.33. The van der Waals surface area contributed by atoms with Crippen LogP contribution in [0.15, 0.2) is 18.3 Å². The average Bonchev–Trinajstić information content (AvgIpc) is 3.19. The number of aromatic nitrogens is 1. The molecule has 0 radical (unpaired) electrons. The lowest BCUT2D eigenvalue weighted by atomic mass is 9.86. The molecule has 2 aliphatic carbocycles. The van der Waals surface area contributed by atoms with Crippen molar-refractivity contribution < 1.29 is 4.79 Å². The first kappa shape index (κ1) is 17.5. The zero-order chi connectivity index (χ0) is 15.6. The second kappa shape index (κ2) is 7.70. The van der Waals surface area contributed by atoms with Gasteiger partial charge in [-0.25, -0.2) is 4.98 Å². The van der Waals surface area contributed by atoms with Crippen molar-refractivity contribution in [1.29, 1.82) is 0 Å². The predicted octanol–water partition coefficient (Wildman–Crippen LogP) is 2.68. The second-order valence-corrected chi connectivity index (χ2v) is 7.33. The fourth-order valence-corrected chi connectivity index (χ4v) is 4.63. The van der Waals surface area contributed by atoms with Gasteiger partial charge in [0.2, 0.25) is 5.91 Å². The summed E-state index contributed by atoms with van der Waals surface area (Å²) in [7, 11) is 0. The first-order valence-corrected chi connectivity index (χ1v) is 8.99. The van der Waals surface area contributed by atoms with E-state index in [2.05, 4.69) is 26.6 Å². The lowest BCUT2D eigenvalue weighted by molar-refractivity contribution is -0.117. The Morgan fingerprint density at radius 2 is 2.08 bits per heavy atom. The van der Waals surface area contributed by atoms with Crippen LogP contribution in [-0.2, 0) is 4.79 Å². The SMILES string of the molecule is Cl.O=C(CC1CC2CCC1C2)Nc1ccc(N2CCNCC2)cn1. The van der Waals surface area contributed by atoms with Gasteiger partial charge in [0, 0.05) is 32.6 Å². The van der Waals surface area contributed by atoms with E-state index in [1.165, 1.54) is 25.7 Å². The van der Waals surface area contributed by atoms with Crippen LogP contribution >= 0.6 is 12.4 Å². The van der Waals surface area contributed by atoms with Crippen LogP contribution in [0.3, 0.4) is 0 Å². The van der Waals surface area contributed by atoms with Crippen LogP contribution in [-0.4, -0.2) is 37.1 Å². The number of anilines is 2. The van der Waals surface area contributed by atoms with E-state index in [1.54, 1.807) is 0 Å². The number of halogens is 1. The molecule has 3 atom stereocenters. The molecule has 3 fully saturated rings. The van der Waals surface area contributed by atoms with E-state index in [0.717, 1.165) is 43.7 Å². The highest BCUT2D eigenvalue weighted by Crippen LogP contribution is 2.49. The maximum atomic E-state index is 12.3. The molecule has 132 valence electrons. The molecule has 4 rings (SSSR count). The molecule has 6 heteroatoms. The first-order chi connectivity index (χ1) is 11.3. The van der Waals surface area contributed by atoms with Gasteiger partial charge in [0.15, 0.2) is 0 Å². The minimum atomic E-state index is 0. The van der Waals surface area contributed by atoms with Gasteiger partial charge in [-0.05, 0) is 49.1 Å². The van der Waals surface area contributed by atoms with Crippen LogP contribution < -0.4 is 15.5 Å². The topological polar surface area (TPSA) is 57.3 Å². The number of carbonyl (C=O) groups is 1. The summed E-state index contributed by atoms with van der Waals surface area (Å²) >= 11 is 0. The zero-order valence-electron chi connectivity index (χ0n) is 14.0. The third-order valence-electron chi connectivity index (χ3n) is 5.83. The molecule has 1 aromatic rings. The van der Waals surface area contributed by atoms with Gasteiger partial charge in [0.25, 0.3) is 0 Å². The molecular formula is C18H27ClN4O. The number of piperazine rings is 1. The van der Waals surface area contributed by atoms with E-state index in [9.17, 15) is 4.79 Å². The molecule has 2 bridgehead atoms. The maximum Gasteiger partial charge on any atom is 0.225 e. The summed E-state index contributed by atoms with van der Waals surface area (Å²) in [6.45, 7) is 4.05. The molecule has 2 N–H and O–H groups in total. The van der Waals surface area contributed by atoms with Gasteiger partial charge < -0.3 is 15.5 Å². The van der Waals surface area contributed by atoms with Gasteiger partial charge in [0.05, 0.1) is 11.9 Å². The van der Waals surface area contributed by atoms with Crippen molar-refractivity contribution in [1.82, 2.24) is 10.3 Å². The molecule has 3 aliphatic rings. The quantitative estimate of drug-likeness (QED) is 0.876. The molecule has 1 aliphatic heterocycles. The first-order valence-electron chi connectivity index (χ1n) is 8.99. The van der Waals surface area contributed by atoms with Gasteiger partial charge in [-0.15, -0.1) is 12.4 Å². The zero-order valence-corrected chi connectivity index (χ0v) is 14.9.